The van der Waals surface area contributed by atoms with Crippen molar-refractivity contribution in [3.05, 3.63) is 66.0 Å². The smallest absolute Gasteiger partial charge is 0.310 e. The summed E-state index contributed by atoms with van der Waals surface area (Å²) in [5.41, 5.74) is 0.884. The third kappa shape index (κ3) is 5.26. The Morgan fingerprint density at radius 3 is 2.56 bits per heavy atom. The van der Waals surface area contributed by atoms with Crippen molar-refractivity contribution in [2.24, 2.45) is 0 Å². The molecule has 0 N–H and O–H groups in total. The van der Waals surface area contributed by atoms with Crippen LogP contribution in [0.25, 0.3) is 0 Å². The molecule has 134 valence electrons. The third-order valence-corrected chi connectivity index (χ3v) is 5.15. The maximum atomic E-state index is 13.0. The summed E-state index contributed by atoms with van der Waals surface area (Å²) in [5.74, 6) is -0.0767. The Hall–Kier alpha value is -1.96. The first-order valence-electron chi connectivity index (χ1n) is 8.08. The Bertz CT molecular complexity index is 780. The molecule has 2 aromatic rings. The van der Waals surface area contributed by atoms with E-state index in [1.807, 2.05) is 4.90 Å². The van der Waals surface area contributed by atoms with Crippen molar-refractivity contribution in [3.8, 4) is 5.75 Å². The van der Waals surface area contributed by atoms with Gasteiger partial charge in [-0.15, -0.1) is 0 Å². The number of morpholine rings is 1. The van der Waals surface area contributed by atoms with E-state index in [-0.39, 0.29) is 17.7 Å². The van der Waals surface area contributed by atoms with Gasteiger partial charge in [0.25, 0.3) is 0 Å². The summed E-state index contributed by atoms with van der Waals surface area (Å²) in [5, 5.41) is 0. The molecule has 7 heteroatoms. The number of ether oxygens (including phenoxy) is 1. The summed E-state index contributed by atoms with van der Waals surface area (Å²) < 4.78 is 48.1. The number of halogens is 1. The van der Waals surface area contributed by atoms with E-state index in [2.05, 4.69) is 0 Å². The highest BCUT2D eigenvalue weighted by molar-refractivity contribution is 7.87. The maximum absolute atomic E-state index is 13.0. The van der Waals surface area contributed by atoms with E-state index in [1.54, 1.807) is 42.5 Å². The highest BCUT2D eigenvalue weighted by atomic mass is 32.2. The van der Waals surface area contributed by atoms with Crippen molar-refractivity contribution in [3.63, 3.8) is 0 Å². The molecule has 1 fully saturated rings. The Morgan fingerprint density at radius 2 is 1.84 bits per heavy atom. The molecule has 0 radical (unpaired) electrons. The van der Waals surface area contributed by atoms with Crippen LogP contribution in [0.2, 0.25) is 0 Å². The third-order valence-electron chi connectivity index (χ3n) is 4.02. The zero-order chi connectivity index (χ0) is 17.7. The number of rotatable bonds is 6. The van der Waals surface area contributed by atoms with Crippen LogP contribution in [-0.2, 0) is 14.9 Å². The molecule has 25 heavy (non-hydrogen) atoms. The molecule has 1 heterocycles. The van der Waals surface area contributed by atoms with Crippen molar-refractivity contribution in [1.29, 1.82) is 0 Å². The van der Waals surface area contributed by atoms with Crippen LogP contribution < -0.4 is 4.18 Å². The number of para-hydroxylation sites is 1. The Morgan fingerprint density at radius 1 is 1.12 bits per heavy atom. The van der Waals surface area contributed by atoms with Gasteiger partial charge >= 0.3 is 10.1 Å². The van der Waals surface area contributed by atoms with Crippen LogP contribution in [0, 0.1) is 5.82 Å². The van der Waals surface area contributed by atoms with E-state index in [1.165, 1.54) is 12.1 Å². The van der Waals surface area contributed by atoms with Crippen molar-refractivity contribution in [1.82, 2.24) is 4.90 Å². The second kappa shape index (κ2) is 7.95. The van der Waals surface area contributed by atoms with Gasteiger partial charge in [0.15, 0.2) is 0 Å². The molecule has 0 saturated carbocycles. The minimum absolute atomic E-state index is 0.0992. The Labute approximate surface area is 147 Å². The summed E-state index contributed by atoms with van der Waals surface area (Å²) in [6.45, 7) is 2.07. The molecule has 0 bridgehead atoms. The Balaban J connectivity index is 1.55. The molecule has 1 aliphatic rings. The van der Waals surface area contributed by atoms with Crippen molar-refractivity contribution >= 4 is 10.1 Å². The average molecular weight is 365 g/mol. The first-order valence-corrected chi connectivity index (χ1v) is 9.66. The van der Waals surface area contributed by atoms with Crippen molar-refractivity contribution < 1.29 is 21.7 Å². The van der Waals surface area contributed by atoms with Crippen LogP contribution in [0.4, 0.5) is 4.39 Å². The fourth-order valence-corrected chi connectivity index (χ4v) is 3.66. The predicted octanol–water partition coefficient (Wildman–Crippen LogP) is 2.61. The molecule has 0 aliphatic carbocycles. The zero-order valence-corrected chi connectivity index (χ0v) is 14.5. The highest BCUT2D eigenvalue weighted by Crippen LogP contribution is 2.22. The molecule has 1 saturated heterocycles. The fourth-order valence-electron chi connectivity index (χ4n) is 2.69. The molecule has 0 aromatic heterocycles. The maximum Gasteiger partial charge on any atom is 0.310 e. The van der Waals surface area contributed by atoms with Crippen molar-refractivity contribution in [2.45, 2.75) is 6.10 Å². The minimum atomic E-state index is -3.65. The van der Waals surface area contributed by atoms with Gasteiger partial charge < -0.3 is 8.92 Å². The van der Waals surface area contributed by atoms with Gasteiger partial charge in [0.05, 0.1) is 18.5 Å². The van der Waals surface area contributed by atoms with Gasteiger partial charge in [0.2, 0.25) is 0 Å². The van der Waals surface area contributed by atoms with E-state index >= 15 is 0 Å². The molecule has 3 rings (SSSR count). The van der Waals surface area contributed by atoms with Crippen LogP contribution in [0.15, 0.2) is 54.6 Å². The van der Waals surface area contributed by atoms with Gasteiger partial charge in [-0.25, -0.2) is 4.39 Å². The monoisotopic (exact) mass is 365 g/mol. The van der Waals surface area contributed by atoms with Crippen LogP contribution >= 0.6 is 0 Å². The normalized spacial score (nSPS) is 18.8. The average Bonchev–Trinajstić information content (AvgIpc) is 2.61. The highest BCUT2D eigenvalue weighted by Gasteiger charge is 2.24. The van der Waals surface area contributed by atoms with Gasteiger partial charge in [-0.3, -0.25) is 4.90 Å². The van der Waals surface area contributed by atoms with E-state index in [0.717, 1.165) is 5.56 Å². The van der Waals surface area contributed by atoms with Crippen LogP contribution in [-0.4, -0.2) is 45.3 Å². The van der Waals surface area contributed by atoms with E-state index in [0.29, 0.717) is 32.0 Å². The first kappa shape index (κ1) is 17.8. The largest absolute Gasteiger partial charge is 0.382 e. The van der Waals surface area contributed by atoms with Crippen LogP contribution in [0.1, 0.15) is 11.7 Å². The molecular weight excluding hydrogens is 345 g/mol. The summed E-state index contributed by atoms with van der Waals surface area (Å²) in [6, 6.07) is 14.6. The van der Waals surface area contributed by atoms with Crippen LogP contribution in [0.3, 0.4) is 0 Å². The van der Waals surface area contributed by atoms with Crippen LogP contribution in [0.5, 0.6) is 5.75 Å². The lowest BCUT2D eigenvalue weighted by molar-refractivity contribution is -0.0280. The number of benzene rings is 2. The number of hydrogen-bond acceptors (Lipinski definition) is 5. The molecule has 1 atom stereocenters. The predicted molar refractivity (Wildman–Crippen MR) is 92.4 cm³/mol. The molecular formula is C18H20FNO4S. The van der Waals surface area contributed by atoms with Gasteiger partial charge in [-0.1, -0.05) is 30.3 Å². The Kier molecular flexibility index (Phi) is 5.67. The topological polar surface area (TPSA) is 55.8 Å². The number of hydrogen-bond donors (Lipinski definition) is 0. The van der Waals surface area contributed by atoms with Gasteiger partial charge in [0, 0.05) is 19.6 Å². The quantitative estimate of drug-likeness (QED) is 0.737. The molecule has 0 unspecified atom stereocenters. The van der Waals surface area contributed by atoms with Gasteiger partial charge in [-0.2, -0.15) is 8.42 Å². The van der Waals surface area contributed by atoms with Crippen molar-refractivity contribution in [2.75, 3.05) is 32.0 Å². The summed E-state index contributed by atoms with van der Waals surface area (Å²) >= 11 is 0. The van der Waals surface area contributed by atoms with E-state index < -0.39 is 10.1 Å². The van der Waals surface area contributed by atoms with E-state index in [4.69, 9.17) is 8.92 Å². The molecule has 0 spiro atoms. The molecule has 2 aromatic carbocycles. The lowest BCUT2D eigenvalue weighted by Gasteiger charge is -2.33. The first-order chi connectivity index (χ1) is 12.0. The molecule has 0 amide bonds. The minimum Gasteiger partial charge on any atom is -0.382 e. The summed E-state index contributed by atoms with van der Waals surface area (Å²) in [4.78, 5) is 2.02. The lowest BCUT2D eigenvalue weighted by Crippen LogP contribution is -2.41. The second-order valence-electron chi connectivity index (χ2n) is 5.87. The lowest BCUT2D eigenvalue weighted by atomic mass is 10.1. The summed E-state index contributed by atoms with van der Waals surface area (Å²) in [7, 11) is -3.65. The number of nitrogens with zero attached hydrogens (tertiary/aromatic N) is 1. The molecule has 5 nitrogen and oxygen atoms in total. The molecule has 1 aliphatic heterocycles. The SMILES string of the molecule is O=S(=O)(CCN1CCO[C@@H](c2ccc(F)cc2)C1)Oc1ccccc1. The standard InChI is InChI=1S/C18H20FNO4S/c19-16-8-6-15(7-9-16)18-14-20(10-12-23-18)11-13-25(21,22)24-17-4-2-1-3-5-17/h1-9,18H,10-14H2/t18-/m1/s1. The summed E-state index contributed by atoms with van der Waals surface area (Å²) in [6.07, 6.45) is -0.188. The van der Waals surface area contributed by atoms with E-state index in [9.17, 15) is 12.8 Å². The van der Waals surface area contributed by atoms with Gasteiger partial charge in [-0.05, 0) is 29.8 Å². The zero-order valence-electron chi connectivity index (χ0n) is 13.7. The fraction of sp³-hybridized carbons (Fsp3) is 0.333. The van der Waals surface area contributed by atoms with Gasteiger partial charge in [0.1, 0.15) is 11.6 Å². The second-order valence-corrected chi connectivity index (χ2v) is 7.56.